The minimum Gasteiger partial charge on any atom is -0.378 e. The van der Waals surface area contributed by atoms with Crippen molar-refractivity contribution in [1.82, 2.24) is 20.5 Å². The highest BCUT2D eigenvalue weighted by Gasteiger charge is 2.59. The van der Waals surface area contributed by atoms with Gasteiger partial charge in [-0.1, -0.05) is 6.42 Å². The Labute approximate surface area is 135 Å². The summed E-state index contributed by atoms with van der Waals surface area (Å²) in [5.41, 5.74) is 2.35. The van der Waals surface area contributed by atoms with Crippen LogP contribution in [0.25, 0.3) is 11.0 Å². The van der Waals surface area contributed by atoms with Gasteiger partial charge in [-0.25, -0.2) is 4.98 Å². The first-order chi connectivity index (χ1) is 11.1. The first kappa shape index (κ1) is 14.6. The summed E-state index contributed by atoms with van der Waals surface area (Å²) in [5, 5.41) is 11.1. The number of ether oxygens (including phenoxy) is 1. The topological polar surface area (TPSA) is 79.9 Å². The fourth-order valence-electron chi connectivity index (χ4n) is 4.03. The van der Waals surface area contributed by atoms with Gasteiger partial charge in [-0.2, -0.15) is 5.10 Å². The molecule has 0 bridgehead atoms. The molecule has 2 aliphatic rings. The summed E-state index contributed by atoms with van der Waals surface area (Å²) in [6.07, 6.45) is 6.37. The number of nitrogens with one attached hydrogen (secondary N) is 2. The van der Waals surface area contributed by atoms with Gasteiger partial charge in [0.05, 0.1) is 11.7 Å². The molecule has 2 aromatic rings. The molecular weight excluding hydrogens is 292 g/mol. The zero-order valence-electron chi connectivity index (χ0n) is 13.6. The zero-order valence-corrected chi connectivity index (χ0v) is 13.6. The molecule has 2 heterocycles. The molecule has 0 aliphatic heterocycles. The fourth-order valence-corrected chi connectivity index (χ4v) is 4.03. The Morgan fingerprint density at radius 2 is 2.35 bits per heavy atom. The van der Waals surface area contributed by atoms with Crippen molar-refractivity contribution in [3.05, 3.63) is 23.5 Å². The van der Waals surface area contributed by atoms with Gasteiger partial charge in [0.25, 0.3) is 5.91 Å². The van der Waals surface area contributed by atoms with Crippen LogP contribution in [0.4, 0.5) is 0 Å². The van der Waals surface area contributed by atoms with Crippen LogP contribution in [-0.2, 0) is 4.74 Å². The van der Waals surface area contributed by atoms with Gasteiger partial charge in [0.2, 0.25) is 0 Å². The molecule has 6 nitrogen and oxygen atoms in total. The number of nitrogens with zero attached hydrogens (tertiary/aromatic N) is 2. The molecule has 2 aliphatic carbocycles. The van der Waals surface area contributed by atoms with E-state index < -0.39 is 0 Å². The molecule has 1 spiro atoms. The van der Waals surface area contributed by atoms with Crippen LogP contribution in [0.5, 0.6) is 0 Å². The van der Waals surface area contributed by atoms with Gasteiger partial charge >= 0.3 is 0 Å². The summed E-state index contributed by atoms with van der Waals surface area (Å²) >= 11 is 0. The van der Waals surface area contributed by atoms with E-state index in [9.17, 15) is 4.79 Å². The van der Waals surface area contributed by atoms with Gasteiger partial charge in [-0.3, -0.25) is 9.89 Å². The van der Waals surface area contributed by atoms with Crippen molar-refractivity contribution in [2.75, 3.05) is 6.61 Å². The van der Waals surface area contributed by atoms with Gasteiger partial charge in [0.1, 0.15) is 0 Å². The Bertz CT molecular complexity index is 750. The Hall–Kier alpha value is -1.95. The zero-order chi connectivity index (χ0) is 16.0. The van der Waals surface area contributed by atoms with Crippen molar-refractivity contribution >= 4 is 16.9 Å². The molecule has 0 aromatic carbocycles. The van der Waals surface area contributed by atoms with Crippen molar-refractivity contribution in [2.24, 2.45) is 5.41 Å². The predicted molar refractivity (Wildman–Crippen MR) is 86.2 cm³/mol. The number of pyridine rings is 1. The van der Waals surface area contributed by atoms with E-state index >= 15 is 0 Å². The lowest BCUT2D eigenvalue weighted by Gasteiger charge is -2.61. The van der Waals surface area contributed by atoms with E-state index in [1.54, 1.807) is 6.20 Å². The van der Waals surface area contributed by atoms with Gasteiger partial charge in [-0.15, -0.1) is 0 Å². The predicted octanol–water partition coefficient (Wildman–Crippen LogP) is 2.34. The minimum atomic E-state index is -0.0498. The molecule has 6 heteroatoms. The molecule has 1 amide bonds. The second-order valence-corrected chi connectivity index (χ2v) is 6.74. The van der Waals surface area contributed by atoms with Gasteiger partial charge in [0.15, 0.2) is 5.65 Å². The van der Waals surface area contributed by atoms with E-state index in [0.717, 1.165) is 36.9 Å². The first-order valence-corrected chi connectivity index (χ1v) is 8.37. The maximum absolute atomic E-state index is 12.6. The van der Waals surface area contributed by atoms with Gasteiger partial charge in [-0.05, 0) is 39.2 Å². The molecule has 0 saturated heterocycles. The number of aromatic nitrogens is 3. The van der Waals surface area contributed by atoms with Crippen LogP contribution in [0, 0.1) is 12.3 Å². The minimum absolute atomic E-state index is 0.0498. The molecule has 23 heavy (non-hydrogen) atoms. The quantitative estimate of drug-likeness (QED) is 0.908. The third-order valence-electron chi connectivity index (χ3n) is 5.60. The van der Waals surface area contributed by atoms with E-state index in [1.165, 1.54) is 6.42 Å². The Morgan fingerprint density at radius 1 is 1.52 bits per heavy atom. The summed E-state index contributed by atoms with van der Waals surface area (Å²) in [4.78, 5) is 16.9. The summed E-state index contributed by atoms with van der Waals surface area (Å²) < 4.78 is 5.84. The molecule has 2 atom stereocenters. The van der Waals surface area contributed by atoms with Crippen molar-refractivity contribution in [1.29, 1.82) is 0 Å². The normalized spacial score (nSPS) is 25.1. The molecule has 2 N–H and O–H groups in total. The van der Waals surface area contributed by atoms with Crippen LogP contribution in [0.15, 0.2) is 12.3 Å². The number of hydrogen-bond acceptors (Lipinski definition) is 4. The van der Waals surface area contributed by atoms with Crippen LogP contribution in [-0.4, -0.2) is 39.8 Å². The molecular formula is C17H22N4O2. The highest BCUT2D eigenvalue weighted by molar-refractivity contribution is 5.97. The lowest BCUT2D eigenvalue weighted by molar-refractivity contribution is -0.169. The van der Waals surface area contributed by atoms with Crippen LogP contribution < -0.4 is 5.32 Å². The smallest absolute Gasteiger partial charge is 0.253 e. The molecule has 2 fully saturated rings. The Morgan fingerprint density at radius 3 is 3.04 bits per heavy atom. The lowest BCUT2D eigenvalue weighted by atomic mass is 9.51. The molecule has 2 saturated carbocycles. The number of aromatic amines is 1. The number of rotatable bonds is 4. The SMILES string of the molecule is CCOC1CC(NC(=O)c2cnc3n[nH]c(C)c3c2)C12CCC2. The van der Waals surface area contributed by atoms with E-state index in [2.05, 4.69) is 20.5 Å². The number of H-pyrrole nitrogens is 1. The summed E-state index contributed by atoms with van der Waals surface area (Å²) in [7, 11) is 0. The van der Waals surface area contributed by atoms with Crippen molar-refractivity contribution in [3.63, 3.8) is 0 Å². The monoisotopic (exact) mass is 314 g/mol. The van der Waals surface area contributed by atoms with Crippen LogP contribution in [0.1, 0.15) is 48.7 Å². The fraction of sp³-hybridized carbons (Fsp3) is 0.588. The second kappa shape index (κ2) is 5.30. The number of carbonyl (C=O) groups is 1. The van der Waals surface area contributed by atoms with Crippen LogP contribution in [0.2, 0.25) is 0 Å². The average Bonchev–Trinajstić information content (AvgIpc) is 2.85. The van der Waals surface area contributed by atoms with Crippen LogP contribution in [0.3, 0.4) is 0 Å². The molecule has 122 valence electrons. The van der Waals surface area contributed by atoms with Gasteiger partial charge < -0.3 is 10.1 Å². The highest BCUT2D eigenvalue weighted by atomic mass is 16.5. The molecule has 4 rings (SSSR count). The van der Waals surface area contributed by atoms with E-state index in [4.69, 9.17) is 4.74 Å². The Kier molecular flexibility index (Phi) is 3.37. The molecule has 0 radical (unpaired) electrons. The third kappa shape index (κ3) is 2.16. The number of aryl methyl sites for hydroxylation is 1. The largest absolute Gasteiger partial charge is 0.378 e. The van der Waals surface area contributed by atoms with E-state index in [0.29, 0.717) is 17.3 Å². The van der Waals surface area contributed by atoms with Crippen molar-refractivity contribution in [3.8, 4) is 0 Å². The number of carbonyl (C=O) groups excluding carboxylic acids is 1. The number of hydrogen-bond donors (Lipinski definition) is 2. The first-order valence-electron chi connectivity index (χ1n) is 8.37. The van der Waals surface area contributed by atoms with Gasteiger partial charge in [0, 0.05) is 35.3 Å². The second-order valence-electron chi connectivity index (χ2n) is 6.74. The maximum atomic E-state index is 12.6. The number of amides is 1. The molecule has 2 unspecified atom stereocenters. The summed E-state index contributed by atoms with van der Waals surface area (Å²) in [5.74, 6) is -0.0498. The summed E-state index contributed by atoms with van der Waals surface area (Å²) in [6.45, 7) is 4.71. The third-order valence-corrected chi connectivity index (χ3v) is 5.60. The molecule has 2 aromatic heterocycles. The summed E-state index contributed by atoms with van der Waals surface area (Å²) in [6, 6.07) is 2.09. The van der Waals surface area contributed by atoms with Crippen molar-refractivity contribution < 1.29 is 9.53 Å². The lowest BCUT2D eigenvalue weighted by Crippen LogP contribution is -2.67. The maximum Gasteiger partial charge on any atom is 0.253 e. The highest BCUT2D eigenvalue weighted by Crippen LogP contribution is 2.57. The van der Waals surface area contributed by atoms with Crippen LogP contribution >= 0.6 is 0 Å². The van der Waals surface area contributed by atoms with Crippen molar-refractivity contribution in [2.45, 2.75) is 51.7 Å². The average molecular weight is 314 g/mol. The van der Waals surface area contributed by atoms with E-state index in [1.807, 2.05) is 19.9 Å². The Balaban J connectivity index is 1.50. The van der Waals surface area contributed by atoms with E-state index in [-0.39, 0.29) is 17.4 Å². The standard InChI is InChI=1S/C17H22N4O2/c1-3-23-14-8-13(17(14)5-4-6-17)19-16(22)11-7-12-10(2)20-21-15(12)18-9-11/h7,9,13-14H,3-6,8H2,1-2H3,(H,19,22)(H,18,20,21). The number of fused-ring (bicyclic) bond motifs is 1.